The number of carbonyl (C=O) groups excluding carboxylic acids is 2. The van der Waals surface area contributed by atoms with Gasteiger partial charge >= 0.3 is 0 Å². The molecule has 0 saturated heterocycles. The molecule has 2 aromatic heterocycles. The largest absolute Gasteiger partial charge is 0.388 e. The van der Waals surface area contributed by atoms with Crippen LogP contribution in [0.2, 0.25) is 0 Å². The number of methoxy groups -OCH3 is 1. The third kappa shape index (κ3) is 4.57. The van der Waals surface area contributed by atoms with Crippen LogP contribution in [-0.4, -0.2) is 30.3 Å². The van der Waals surface area contributed by atoms with Crippen molar-refractivity contribution in [3.05, 3.63) is 101 Å². The first-order valence-corrected chi connectivity index (χ1v) is 9.95. The third-order valence-electron chi connectivity index (χ3n) is 5.13. The van der Waals surface area contributed by atoms with Gasteiger partial charge in [0.15, 0.2) is 0 Å². The number of ketones is 1. The molecule has 4 rings (SSSR count). The van der Waals surface area contributed by atoms with Crippen molar-refractivity contribution in [1.29, 1.82) is 0 Å². The fourth-order valence-electron chi connectivity index (χ4n) is 3.78. The minimum Gasteiger partial charge on any atom is -0.388 e. The summed E-state index contributed by atoms with van der Waals surface area (Å²) in [7, 11) is 3.25. The van der Waals surface area contributed by atoms with Gasteiger partial charge in [-0.2, -0.15) is 0 Å². The standard InChI is InChI=1S/C24H20N2O2.C2H6O/c1-16-21(26-14-8-7-13-20(26)22(16)23(27)24(25)28)15-18-11-5-6-12-19(18)17-9-3-2-4-10-17;1-3-2/h2-14H,15H2,1H3,(H2,25,28);1-2H3. The van der Waals surface area contributed by atoms with Gasteiger partial charge in [0.1, 0.15) is 0 Å². The van der Waals surface area contributed by atoms with Crippen molar-refractivity contribution in [3.63, 3.8) is 0 Å². The van der Waals surface area contributed by atoms with Gasteiger partial charge in [-0.05, 0) is 41.3 Å². The highest BCUT2D eigenvalue weighted by atomic mass is 16.4. The monoisotopic (exact) mass is 414 g/mol. The molecule has 1 amide bonds. The molecule has 0 spiro atoms. The Labute approximate surface area is 182 Å². The highest BCUT2D eigenvalue weighted by Crippen LogP contribution is 2.30. The Kier molecular flexibility index (Phi) is 7.00. The molecule has 2 heterocycles. The minimum atomic E-state index is -0.935. The van der Waals surface area contributed by atoms with Crippen molar-refractivity contribution in [1.82, 2.24) is 4.40 Å². The Hall–Kier alpha value is -3.70. The van der Waals surface area contributed by atoms with E-state index in [9.17, 15) is 9.59 Å². The summed E-state index contributed by atoms with van der Waals surface area (Å²) in [5, 5.41) is 0. The van der Waals surface area contributed by atoms with Crippen LogP contribution in [0.3, 0.4) is 0 Å². The molecule has 0 saturated carbocycles. The normalized spacial score (nSPS) is 10.4. The number of rotatable bonds is 5. The van der Waals surface area contributed by atoms with Gasteiger partial charge in [0, 0.05) is 32.5 Å². The number of Topliss-reactive ketones (excluding diaryl/α,β-unsaturated/α-hetero) is 1. The van der Waals surface area contributed by atoms with Gasteiger partial charge < -0.3 is 14.9 Å². The lowest BCUT2D eigenvalue weighted by Gasteiger charge is -2.11. The first-order valence-electron chi connectivity index (χ1n) is 9.95. The van der Waals surface area contributed by atoms with Gasteiger partial charge in [-0.25, -0.2) is 0 Å². The van der Waals surface area contributed by atoms with Crippen LogP contribution in [0.4, 0.5) is 0 Å². The summed E-state index contributed by atoms with van der Waals surface area (Å²) in [6, 6.07) is 24.1. The lowest BCUT2D eigenvalue weighted by molar-refractivity contribution is -0.114. The number of aromatic nitrogens is 1. The van der Waals surface area contributed by atoms with Gasteiger partial charge in [0.05, 0.1) is 11.1 Å². The molecule has 2 N–H and O–H groups in total. The maximum absolute atomic E-state index is 12.4. The molecular weight excluding hydrogens is 388 g/mol. The predicted octanol–water partition coefficient (Wildman–Crippen LogP) is 4.44. The number of hydrogen-bond acceptors (Lipinski definition) is 3. The van der Waals surface area contributed by atoms with Crippen molar-refractivity contribution in [2.24, 2.45) is 5.73 Å². The molecule has 0 aliphatic carbocycles. The van der Waals surface area contributed by atoms with Crippen LogP contribution in [0.15, 0.2) is 79.0 Å². The van der Waals surface area contributed by atoms with Crippen molar-refractivity contribution in [3.8, 4) is 11.1 Å². The molecule has 0 aliphatic rings. The van der Waals surface area contributed by atoms with Gasteiger partial charge in [0.2, 0.25) is 0 Å². The van der Waals surface area contributed by atoms with E-state index in [0.717, 1.165) is 27.9 Å². The molecule has 0 aliphatic heterocycles. The van der Waals surface area contributed by atoms with E-state index in [1.54, 1.807) is 14.2 Å². The molecule has 0 unspecified atom stereocenters. The zero-order valence-corrected chi connectivity index (χ0v) is 18.0. The van der Waals surface area contributed by atoms with E-state index in [1.165, 1.54) is 0 Å². The minimum absolute atomic E-state index is 0.389. The third-order valence-corrected chi connectivity index (χ3v) is 5.13. The highest BCUT2D eigenvalue weighted by Gasteiger charge is 2.24. The maximum Gasteiger partial charge on any atom is 0.289 e. The van der Waals surface area contributed by atoms with E-state index in [0.29, 0.717) is 17.5 Å². The van der Waals surface area contributed by atoms with Crippen molar-refractivity contribution in [2.45, 2.75) is 13.3 Å². The van der Waals surface area contributed by atoms with Gasteiger partial charge in [0.25, 0.3) is 11.7 Å². The summed E-state index contributed by atoms with van der Waals surface area (Å²) >= 11 is 0. The molecule has 31 heavy (non-hydrogen) atoms. The van der Waals surface area contributed by atoms with Crippen LogP contribution in [0.5, 0.6) is 0 Å². The number of fused-ring (bicyclic) bond motifs is 1. The van der Waals surface area contributed by atoms with Crippen molar-refractivity contribution in [2.75, 3.05) is 14.2 Å². The summed E-state index contributed by atoms with van der Waals surface area (Å²) < 4.78 is 6.23. The number of ether oxygens (including phenoxy) is 1. The van der Waals surface area contributed by atoms with Gasteiger partial charge in [-0.15, -0.1) is 0 Å². The summed E-state index contributed by atoms with van der Waals surface area (Å²) in [5.74, 6) is -1.58. The molecule has 4 aromatic rings. The Morgan fingerprint density at radius 1 is 0.903 bits per heavy atom. The van der Waals surface area contributed by atoms with E-state index >= 15 is 0 Å². The predicted molar refractivity (Wildman–Crippen MR) is 123 cm³/mol. The molecule has 5 nitrogen and oxygen atoms in total. The number of nitrogens with zero attached hydrogens (tertiary/aromatic N) is 1. The maximum atomic E-state index is 12.4. The Balaban J connectivity index is 0.000000858. The first-order chi connectivity index (χ1) is 15.0. The van der Waals surface area contributed by atoms with Crippen LogP contribution in [0.25, 0.3) is 16.6 Å². The number of primary amides is 1. The average Bonchev–Trinajstić information content (AvgIpc) is 3.06. The van der Waals surface area contributed by atoms with Gasteiger partial charge in [-0.1, -0.05) is 60.7 Å². The number of carbonyl (C=O) groups is 2. The van der Waals surface area contributed by atoms with Crippen molar-refractivity contribution >= 4 is 17.2 Å². The van der Waals surface area contributed by atoms with Crippen LogP contribution in [0.1, 0.15) is 27.2 Å². The van der Waals surface area contributed by atoms with Crippen molar-refractivity contribution < 1.29 is 14.3 Å². The van der Waals surface area contributed by atoms with E-state index in [1.807, 2.05) is 66.1 Å². The molecule has 0 radical (unpaired) electrons. The number of amides is 1. The second kappa shape index (κ2) is 9.87. The lowest BCUT2D eigenvalue weighted by atomic mass is 9.95. The highest BCUT2D eigenvalue weighted by molar-refractivity contribution is 6.44. The van der Waals surface area contributed by atoms with Crippen LogP contribution in [0, 0.1) is 6.92 Å². The molecule has 5 heteroatoms. The zero-order valence-electron chi connectivity index (χ0n) is 18.0. The number of nitrogens with two attached hydrogens (primary N) is 1. The smallest absolute Gasteiger partial charge is 0.289 e. The van der Waals surface area contributed by atoms with Crippen LogP contribution >= 0.6 is 0 Å². The summed E-state index contributed by atoms with van der Waals surface area (Å²) in [6.07, 6.45) is 2.55. The van der Waals surface area contributed by atoms with Crippen LogP contribution < -0.4 is 5.73 Å². The molecule has 0 fully saturated rings. The molecule has 2 aromatic carbocycles. The van der Waals surface area contributed by atoms with E-state index in [4.69, 9.17) is 5.73 Å². The Morgan fingerprint density at radius 3 is 2.19 bits per heavy atom. The lowest BCUT2D eigenvalue weighted by Crippen LogP contribution is -2.23. The second-order valence-electron chi connectivity index (χ2n) is 7.20. The zero-order chi connectivity index (χ0) is 22.4. The average molecular weight is 415 g/mol. The molecule has 0 atom stereocenters. The molecular formula is C26H26N2O3. The van der Waals surface area contributed by atoms with Gasteiger partial charge in [-0.3, -0.25) is 9.59 Å². The topological polar surface area (TPSA) is 73.8 Å². The quantitative estimate of drug-likeness (QED) is 0.388. The number of benzene rings is 2. The van der Waals surface area contributed by atoms with Crippen LogP contribution in [-0.2, 0) is 16.0 Å². The summed E-state index contributed by atoms with van der Waals surface area (Å²) in [6.45, 7) is 1.88. The van der Waals surface area contributed by atoms with E-state index in [2.05, 4.69) is 29.0 Å². The number of pyridine rings is 1. The first kappa shape index (κ1) is 22.0. The van der Waals surface area contributed by atoms with E-state index < -0.39 is 11.7 Å². The Morgan fingerprint density at radius 2 is 1.52 bits per heavy atom. The molecule has 158 valence electrons. The fourth-order valence-corrected chi connectivity index (χ4v) is 3.78. The van der Waals surface area contributed by atoms with E-state index in [-0.39, 0.29) is 0 Å². The Bertz CT molecular complexity index is 1210. The fraction of sp³-hybridized carbons (Fsp3) is 0.154. The molecule has 0 bridgehead atoms. The summed E-state index contributed by atoms with van der Waals surface area (Å²) in [5.41, 5.74) is 11.6. The number of hydrogen-bond donors (Lipinski definition) is 1. The summed E-state index contributed by atoms with van der Waals surface area (Å²) in [4.78, 5) is 24.0. The SMILES string of the molecule is COC.Cc1c(C(=O)C(N)=O)c2ccccn2c1Cc1ccccc1-c1ccccc1. The second-order valence-corrected chi connectivity index (χ2v) is 7.20.